The number of hydrogen-bond donors (Lipinski definition) is 1. The maximum absolute atomic E-state index is 5.31. The summed E-state index contributed by atoms with van der Waals surface area (Å²) in [4.78, 5) is 6.92. The number of methoxy groups -OCH3 is 1. The first kappa shape index (κ1) is 14.7. The fraction of sp³-hybridized carbons (Fsp3) is 0.389. The smallest absolute Gasteiger partial charge is 0.126 e. The summed E-state index contributed by atoms with van der Waals surface area (Å²) in [5.41, 5.74) is 2.30. The second kappa shape index (κ2) is 6.69. The Morgan fingerprint density at radius 2 is 2.14 bits per heavy atom. The summed E-state index contributed by atoms with van der Waals surface area (Å²) in [6.07, 6.45) is 1.20. The van der Waals surface area contributed by atoms with Gasteiger partial charge in [0, 0.05) is 37.1 Å². The Balaban J connectivity index is 1.55. The molecular weight excluding hydrogens is 274 g/mol. The van der Waals surface area contributed by atoms with Crippen molar-refractivity contribution in [3.05, 3.63) is 48.2 Å². The van der Waals surface area contributed by atoms with E-state index in [0.717, 1.165) is 36.9 Å². The molecule has 1 atom stereocenters. The Morgan fingerprint density at radius 1 is 1.27 bits per heavy atom. The van der Waals surface area contributed by atoms with E-state index in [1.54, 1.807) is 7.11 Å². The number of anilines is 2. The van der Waals surface area contributed by atoms with Gasteiger partial charge in [-0.25, -0.2) is 4.98 Å². The highest BCUT2D eigenvalue weighted by Gasteiger charge is 2.22. The molecule has 22 heavy (non-hydrogen) atoms. The maximum Gasteiger partial charge on any atom is 0.126 e. The van der Waals surface area contributed by atoms with Gasteiger partial charge in [-0.15, -0.1) is 0 Å². The average Bonchev–Trinajstić information content (AvgIpc) is 3.02. The molecular formula is C18H23N3O. The van der Waals surface area contributed by atoms with Crippen molar-refractivity contribution in [3.63, 3.8) is 0 Å². The molecule has 0 saturated carbocycles. The van der Waals surface area contributed by atoms with Gasteiger partial charge in [0.25, 0.3) is 0 Å². The molecule has 1 aromatic heterocycles. The van der Waals surface area contributed by atoms with E-state index in [2.05, 4.69) is 33.4 Å². The minimum Gasteiger partial charge on any atom is -0.497 e. The van der Waals surface area contributed by atoms with Crippen molar-refractivity contribution in [2.75, 3.05) is 37.0 Å². The van der Waals surface area contributed by atoms with Crippen molar-refractivity contribution in [1.82, 2.24) is 4.98 Å². The second-order valence-electron chi connectivity index (χ2n) is 5.85. The molecule has 4 heteroatoms. The molecule has 0 aliphatic carbocycles. The largest absolute Gasteiger partial charge is 0.497 e. The van der Waals surface area contributed by atoms with Crippen LogP contribution < -0.4 is 15.0 Å². The van der Waals surface area contributed by atoms with Crippen molar-refractivity contribution in [3.8, 4) is 5.75 Å². The summed E-state index contributed by atoms with van der Waals surface area (Å²) in [6, 6.07) is 14.4. The standard InChI is InChI=1S/C18H23N3O/c1-14-5-3-8-18(20-14)19-12-15-9-10-21(13-15)16-6-4-7-17(11-16)22-2/h3-8,11,15H,9-10,12-13H2,1-2H3,(H,19,20). The van der Waals surface area contributed by atoms with Crippen LogP contribution in [0.15, 0.2) is 42.5 Å². The lowest BCUT2D eigenvalue weighted by Gasteiger charge is -2.19. The van der Waals surface area contributed by atoms with Gasteiger partial charge in [-0.05, 0) is 43.5 Å². The molecule has 0 bridgehead atoms. The zero-order valence-electron chi connectivity index (χ0n) is 13.2. The summed E-state index contributed by atoms with van der Waals surface area (Å²) >= 11 is 0. The topological polar surface area (TPSA) is 37.4 Å². The molecule has 0 amide bonds. The lowest BCUT2D eigenvalue weighted by Crippen LogP contribution is -2.22. The fourth-order valence-electron chi connectivity index (χ4n) is 2.93. The summed E-state index contributed by atoms with van der Waals surface area (Å²) in [7, 11) is 1.71. The van der Waals surface area contributed by atoms with E-state index < -0.39 is 0 Å². The Labute approximate surface area is 132 Å². The van der Waals surface area contributed by atoms with E-state index in [1.165, 1.54) is 12.1 Å². The third-order valence-corrected chi connectivity index (χ3v) is 4.16. The van der Waals surface area contributed by atoms with Crippen LogP contribution >= 0.6 is 0 Å². The zero-order chi connectivity index (χ0) is 15.4. The molecule has 4 nitrogen and oxygen atoms in total. The fourth-order valence-corrected chi connectivity index (χ4v) is 2.93. The van der Waals surface area contributed by atoms with Gasteiger partial charge < -0.3 is 15.0 Å². The van der Waals surface area contributed by atoms with Gasteiger partial charge in [0.1, 0.15) is 11.6 Å². The molecule has 116 valence electrons. The van der Waals surface area contributed by atoms with Gasteiger partial charge in [0.2, 0.25) is 0 Å². The van der Waals surface area contributed by atoms with Gasteiger partial charge in [0.15, 0.2) is 0 Å². The first-order valence-electron chi connectivity index (χ1n) is 7.81. The third kappa shape index (κ3) is 3.50. The Bertz CT molecular complexity index is 629. The number of hydrogen-bond acceptors (Lipinski definition) is 4. The molecule has 0 spiro atoms. The monoisotopic (exact) mass is 297 g/mol. The molecule has 2 heterocycles. The van der Waals surface area contributed by atoms with Crippen LogP contribution in [-0.2, 0) is 0 Å². The summed E-state index contributed by atoms with van der Waals surface area (Å²) in [6.45, 7) is 5.16. The SMILES string of the molecule is COc1cccc(N2CCC(CNc3cccc(C)n3)C2)c1. The van der Waals surface area contributed by atoms with Gasteiger partial charge in [-0.2, -0.15) is 0 Å². The summed E-state index contributed by atoms with van der Waals surface area (Å²) in [5, 5.41) is 3.46. The summed E-state index contributed by atoms with van der Waals surface area (Å²) < 4.78 is 5.31. The molecule has 0 radical (unpaired) electrons. The van der Waals surface area contributed by atoms with Crippen LogP contribution in [0, 0.1) is 12.8 Å². The number of aromatic nitrogens is 1. The van der Waals surface area contributed by atoms with E-state index in [4.69, 9.17) is 4.74 Å². The van der Waals surface area contributed by atoms with E-state index in [1.807, 2.05) is 31.2 Å². The van der Waals surface area contributed by atoms with Crippen molar-refractivity contribution < 1.29 is 4.74 Å². The quantitative estimate of drug-likeness (QED) is 0.918. The highest BCUT2D eigenvalue weighted by molar-refractivity contribution is 5.51. The van der Waals surface area contributed by atoms with E-state index in [-0.39, 0.29) is 0 Å². The molecule has 1 aliphatic rings. The average molecular weight is 297 g/mol. The molecule has 3 rings (SSSR count). The van der Waals surface area contributed by atoms with Gasteiger partial charge in [-0.1, -0.05) is 12.1 Å². The minimum absolute atomic E-state index is 0.647. The Hall–Kier alpha value is -2.23. The number of nitrogens with one attached hydrogen (secondary N) is 1. The van der Waals surface area contributed by atoms with Crippen LogP contribution in [0.2, 0.25) is 0 Å². The van der Waals surface area contributed by atoms with Crippen LogP contribution in [0.3, 0.4) is 0 Å². The minimum atomic E-state index is 0.647. The highest BCUT2D eigenvalue weighted by Crippen LogP contribution is 2.27. The van der Waals surface area contributed by atoms with Crippen molar-refractivity contribution in [2.45, 2.75) is 13.3 Å². The lowest BCUT2D eigenvalue weighted by molar-refractivity contribution is 0.415. The lowest BCUT2D eigenvalue weighted by atomic mass is 10.1. The molecule has 1 aliphatic heterocycles. The first-order chi connectivity index (χ1) is 10.7. The summed E-state index contributed by atoms with van der Waals surface area (Å²) in [5.74, 6) is 2.54. The van der Waals surface area contributed by atoms with Gasteiger partial charge >= 0.3 is 0 Å². The normalized spacial score (nSPS) is 17.5. The molecule has 1 saturated heterocycles. The first-order valence-corrected chi connectivity index (χ1v) is 7.81. The van der Waals surface area contributed by atoms with Gasteiger partial charge in [0.05, 0.1) is 7.11 Å². The second-order valence-corrected chi connectivity index (χ2v) is 5.85. The van der Waals surface area contributed by atoms with Crippen LogP contribution in [0.25, 0.3) is 0 Å². The zero-order valence-corrected chi connectivity index (χ0v) is 13.2. The molecule has 2 aromatic rings. The van der Waals surface area contributed by atoms with Crippen LogP contribution in [0.1, 0.15) is 12.1 Å². The third-order valence-electron chi connectivity index (χ3n) is 4.16. The van der Waals surface area contributed by atoms with Gasteiger partial charge in [-0.3, -0.25) is 0 Å². The van der Waals surface area contributed by atoms with E-state index in [0.29, 0.717) is 5.92 Å². The van der Waals surface area contributed by atoms with Crippen molar-refractivity contribution >= 4 is 11.5 Å². The maximum atomic E-state index is 5.31. The van der Waals surface area contributed by atoms with Crippen molar-refractivity contribution in [1.29, 1.82) is 0 Å². The molecule has 1 N–H and O–H groups in total. The number of aryl methyl sites for hydroxylation is 1. The number of nitrogens with zero attached hydrogens (tertiary/aromatic N) is 2. The number of ether oxygens (including phenoxy) is 1. The molecule has 1 aromatic carbocycles. The van der Waals surface area contributed by atoms with Crippen LogP contribution in [0.4, 0.5) is 11.5 Å². The van der Waals surface area contributed by atoms with Crippen LogP contribution in [0.5, 0.6) is 5.75 Å². The number of pyridine rings is 1. The van der Waals surface area contributed by atoms with E-state index in [9.17, 15) is 0 Å². The predicted molar refractivity (Wildman–Crippen MR) is 90.8 cm³/mol. The number of rotatable bonds is 5. The number of benzene rings is 1. The highest BCUT2D eigenvalue weighted by atomic mass is 16.5. The van der Waals surface area contributed by atoms with Crippen LogP contribution in [-0.4, -0.2) is 31.7 Å². The predicted octanol–water partition coefficient (Wildman–Crippen LogP) is 3.34. The Kier molecular flexibility index (Phi) is 4.47. The Morgan fingerprint density at radius 3 is 2.95 bits per heavy atom. The van der Waals surface area contributed by atoms with Crippen molar-refractivity contribution in [2.24, 2.45) is 5.92 Å². The van der Waals surface area contributed by atoms with E-state index >= 15 is 0 Å². The molecule has 1 fully saturated rings. The molecule has 1 unspecified atom stereocenters.